The molecule has 1 aliphatic heterocycles. The van der Waals surface area contributed by atoms with E-state index in [1.165, 1.54) is 9.13 Å². The van der Waals surface area contributed by atoms with Crippen molar-refractivity contribution in [2.24, 2.45) is 7.05 Å². The molecule has 1 aromatic heterocycles. The summed E-state index contributed by atoms with van der Waals surface area (Å²) in [6.07, 6.45) is 1.98. The number of imide groups is 1. The molecule has 1 unspecified atom stereocenters. The van der Waals surface area contributed by atoms with Gasteiger partial charge in [-0.1, -0.05) is 12.1 Å². The van der Waals surface area contributed by atoms with E-state index in [0.717, 1.165) is 11.1 Å². The normalized spacial score (nSPS) is 17.4. The molecule has 0 saturated carbocycles. The number of nitrogens with zero attached hydrogens (tertiary/aromatic N) is 2. The van der Waals surface area contributed by atoms with Crippen LogP contribution in [0.5, 0.6) is 0 Å². The summed E-state index contributed by atoms with van der Waals surface area (Å²) in [4.78, 5) is 48.6. The number of amides is 2. The molecule has 1 N–H and O–H groups in total. The number of imidazole rings is 1. The second-order valence-electron chi connectivity index (χ2n) is 8.40. The summed E-state index contributed by atoms with van der Waals surface area (Å²) in [5.74, 6) is -1.02. The summed E-state index contributed by atoms with van der Waals surface area (Å²) < 4.78 is 8.34. The van der Waals surface area contributed by atoms with E-state index in [0.29, 0.717) is 24.8 Å². The smallest absolute Gasteiger partial charge is 0.329 e. The molecule has 1 saturated heterocycles. The van der Waals surface area contributed by atoms with Crippen molar-refractivity contribution in [3.63, 3.8) is 0 Å². The fourth-order valence-corrected chi connectivity index (χ4v) is 3.77. The first kappa shape index (κ1) is 20.8. The minimum absolute atomic E-state index is 0.203. The molecule has 0 radical (unpaired) electrons. The van der Waals surface area contributed by atoms with E-state index in [2.05, 4.69) is 5.32 Å². The number of hydrogen-bond acceptors (Lipinski definition) is 5. The Morgan fingerprint density at radius 3 is 2.62 bits per heavy atom. The van der Waals surface area contributed by atoms with E-state index in [1.54, 1.807) is 13.1 Å². The van der Waals surface area contributed by atoms with E-state index in [4.69, 9.17) is 4.74 Å². The predicted molar refractivity (Wildman–Crippen MR) is 107 cm³/mol. The van der Waals surface area contributed by atoms with Crippen LogP contribution < -0.4 is 11.0 Å². The van der Waals surface area contributed by atoms with Gasteiger partial charge in [0, 0.05) is 19.9 Å². The van der Waals surface area contributed by atoms with Gasteiger partial charge in [0.2, 0.25) is 11.8 Å². The maximum absolute atomic E-state index is 12.9. The average molecular weight is 401 g/mol. The van der Waals surface area contributed by atoms with Crippen LogP contribution in [0.4, 0.5) is 0 Å². The predicted octanol–water partition coefficient (Wildman–Crippen LogP) is 1.98. The second-order valence-corrected chi connectivity index (χ2v) is 8.40. The molecule has 2 heterocycles. The van der Waals surface area contributed by atoms with Crippen LogP contribution >= 0.6 is 0 Å². The summed E-state index contributed by atoms with van der Waals surface area (Å²) in [5, 5.41) is 2.31. The molecule has 8 nitrogen and oxygen atoms in total. The Morgan fingerprint density at radius 2 is 1.97 bits per heavy atom. The van der Waals surface area contributed by atoms with Gasteiger partial charge in [-0.25, -0.2) is 4.79 Å². The number of para-hydroxylation sites is 1. The zero-order valence-electron chi connectivity index (χ0n) is 17.3. The number of aryl methyl sites for hydroxylation is 2. The molecule has 0 spiro atoms. The van der Waals surface area contributed by atoms with Crippen molar-refractivity contribution in [2.45, 2.75) is 64.5 Å². The molecule has 0 aliphatic carbocycles. The Hall–Kier alpha value is -2.90. The van der Waals surface area contributed by atoms with E-state index in [1.807, 2.05) is 32.9 Å². The van der Waals surface area contributed by atoms with Gasteiger partial charge in [0.15, 0.2) is 0 Å². The summed E-state index contributed by atoms with van der Waals surface area (Å²) >= 11 is 0. The van der Waals surface area contributed by atoms with Gasteiger partial charge in [0.1, 0.15) is 11.6 Å². The van der Waals surface area contributed by atoms with Gasteiger partial charge < -0.3 is 4.74 Å². The highest BCUT2D eigenvalue weighted by Gasteiger charge is 2.31. The lowest BCUT2D eigenvalue weighted by Gasteiger charge is -2.22. The van der Waals surface area contributed by atoms with Crippen molar-refractivity contribution < 1.29 is 19.1 Å². The number of carbonyl (C=O) groups excluding carboxylic acids is 3. The molecule has 2 aromatic rings. The number of aromatic nitrogens is 2. The quantitative estimate of drug-likeness (QED) is 0.610. The number of ether oxygens (including phenoxy) is 1. The lowest BCUT2D eigenvalue weighted by atomic mass is 10.0. The average Bonchev–Trinajstić information content (AvgIpc) is 2.86. The fourth-order valence-electron chi connectivity index (χ4n) is 3.77. The van der Waals surface area contributed by atoms with Gasteiger partial charge in [-0.3, -0.25) is 28.8 Å². The zero-order chi connectivity index (χ0) is 21.3. The minimum atomic E-state index is -0.707. The zero-order valence-corrected chi connectivity index (χ0v) is 17.3. The maximum Gasteiger partial charge on any atom is 0.329 e. The highest BCUT2D eigenvalue weighted by molar-refractivity contribution is 6.00. The number of fused-ring (bicyclic) bond motifs is 1. The van der Waals surface area contributed by atoms with Crippen molar-refractivity contribution in [3.8, 4) is 0 Å². The highest BCUT2D eigenvalue weighted by atomic mass is 16.6. The lowest BCUT2D eigenvalue weighted by Crippen LogP contribution is -2.44. The molecule has 1 fully saturated rings. The van der Waals surface area contributed by atoms with Crippen molar-refractivity contribution >= 4 is 28.8 Å². The summed E-state index contributed by atoms with van der Waals surface area (Å²) in [6, 6.07) is 4.86. The fraction of sp³-hybridized carbons (Fsp3) is 0.524. The first-order valence-corrected chi connectivity index (χ1v) is 9.83. The van der Waals surface area contributed by atoms with Gasteiger partial charge >= 0.3 is 11.7 Å². The second kappa shape index (κ2) is 7.85. The number of nitrogens with one attached hydrogen (secondary N) is 1. The topological polar surface area (TPSA) is 99.4 Å². The summed E-state index contributed by atoms with van der Waals surface area (Å²) in [5.41, 5.74) is 1.51. The van der Waals surface area contributed by atoms with Crippen LogP contribution in [-0.4, -0.2) is 32.5 Å². The maximum atomic E-state index is 12.9. The van der Waals surface area contributed by atoms with Crippen molar-refractivity contribution in [1.29, 1.82) is 0 Å². The molecule has 29 heavy (non-hydrogen) atoms. The Balaban J connectivity index is 1.86. The largest absolute Gasteiger partial charge is 0.460 e. The lowest BCUT2D eigenvalue weighted by molar-refractivity contribution is -0.155. The number of benzene rings is 1. The van der Waals surface area contributed by atoms with Crippen molar-refractivity contribution in [1.82, 2.24) is 14.5 Å². The van der Waals surface area contributed by atoms with Gasteiger partial charge in [-0.15, -0.1) is 0 Å². The SMILES string of the molecule is Cn1c(=O)n(C2CCC(=O)NC2=O)c2cccc(CCCC(=O)OC(C)(C)C)c21. The third-order valence-corrected chi connectivity index (χ3v) is 4.96. The van der Waals surface area contributed by atoms with Crippen LogP contribution in [0.25, 0.3) is 11.0 Å². The molecule has 1 atom stereocenters. The minimum Gasteiger partial charge on any atom is -0.460 e. The van der Waals surface area contributed by atoms with Gasteiger partial charge in [-0.05, 0) is 51.7 Å². The Morgan fingerprint density at radius 1 is 1.24 bits per heavy atom. The first-order valence-electron chi connectivity index (χ1n) is 9.83. The third kappa shape index (κ3) is 4.41. The van der Waals surface area contributed by atoms with Crippen LogP contribution in [0, 0.1) is 0 Å². The van der Waals surface area contributed by atoms with E-state index < -0.39 is 17.6 Å². The first-order chi connectivity index (χ1) is 13.6. The molecule has 156 valence electrons. The van der Waals surface area contributed by atoms with Gasteiger partial charge in [0.05, 0.1) is 11.0 Å². The van der Waals surface area contributed by atoms with Crippen molar-refractivity contribution in [3.05, 3.63) is 34.2 Å². The van der Waals surface area contributed by atoms with Gasteiger partial charge in [-0.2, -0.15) is 0 Å². The Bertz CT molecular complexity index is 1030. The molecule has 2 amide bonds. The Kier molecular flexibility index (Phi) is 5.64. The van der Waals surface area contributed by atoms with E-state index >= 15 is 0 Å². The number of esters is 1. The molecule has 8 heteroatoms. The summed E-state index contributed by atoms with van der Waals surface area (Å²) in [6.45, 7) is 5.50. The number of hydrogen-bond donors (Lipinski definition) is 1. The monoisotopic (exact) mass is 401 g/mol. The number of carbonyl (C=O) groups is 3. The molecule has 1 aliphatic rings. The number of rotatable bonds is 5. The third-order valence-electron chi connectivity index (χ3n) is 4.96. The standard InChI is InChI=1S/C21H27N3O5/c1-21(2,3)29-17(26)10-6-8-13-7-5-9-14-18(13)23(4)20(28)24(14)15-11-12-16(25)22-19(15)27/h5,7,9,15H,6,8,10-12H2,1-4H3,(H,22,25,27). The molecule has 0 bridgehead atoms. The van der Waals surface area contributed by atoms with Crippen LogP contribution in [0.1, 0.15) is 58.1 Å². The molecular formula is C21H27N3O5. The van der Waals surface area contributed by atoms with Crippen LogP contribution in [0.2, 0.25) is 0 Å². The van der Waals surface area contributed by atoms with E-state index in [9.17, 15) is 19.2 Å². The Labute approximate surface area is 168 Å². The van der Waals surface area contributed by atoms with Gasteiger partial charge in [0.25, 0.3) is 0 Å². The molecule has 3 rings (SSSR count). The van der Waals surface area contributed by atoms with E-state index in [-0.39, 0.29) is 30.4 Å². The van der Waals surface area contributed by atoms with Crippen LogP contribution in [0.15, 0.2) is 23.0 Å². The molecular weight excluding hydrogens is 374 g/mol. The summed E-state index contributed by atoms with van der Waals surface area (Å²) in [7, 11) is 1.67. The van der Waals surface area contributed by atoms with Crippen LogP contribution in [0.3, 0.4) is 0 Å². The van der Waals surface area contributed by atoms with Crippen molar-refractivity contribution in [2.75, 3.05) is 0 Å². The number of piperidine rings is 1. The highest BCUT2D eigenvalue weighted by Crippen LogP contribution is 2.25. The van der Waals surface area contributed by atoms with Crippen LogP contribution in [-0.2, 0) is 32.6 Å². The molecule has 1 aromatic carbocycles.